The van der Waals surface area contributed by atoms with Crippen LogP contribution >= 0.6 is 12.4 Å². The van der Waals surface area contributed by atoms with Crippen molar-refractivity contribution < 1.29 is 4.79 Å². The van der Waals surface area contributed by atoms with Crippen LogP contribution in [0, 0.1) is 0 Å². The van der Waals surface area contributed by atoms with Crippen LogP contribution in [-0.4, -0.2) is 5.91 Å². The van der Waals surface area contributed by atoms with E-state index in [-0.39, 0.29) is 23.7 Å². The summed E-state index contributed by atoms with van der Waals surface area (Å²) in [4.78, 5) is 12.2. The second-order valence-corrected chi connectivity index (χ2v) is 6.20. The van der Waals surface area contributed by atoms with Crippen LogP contribution in [-0.2, 0) is 10.2 Å². The fourth-order valence-corrected chi connectivity index (χ4v) is 2.09. The quantitative estimate of drug-likeness (QED) is 0.897. The molecule has 0 saturated carbocycles. The van der Waals surface area contributed by atoms with Gasteiger partial charge in [0.2, 0.25) is 5.91 Å². The lowest BCUT2D eigenvalue weighted by Crippen LogP contribution is -2.27. The topological polar surface area (TPSA) is 55.1 Å². The zero-order chi connectivity index (χ0) is 15.5. The zero-order valence-electron chi connectivity index (χ0n) is 13.2. The molecule has 22 heavy (non-hydrogen) atoms. The summed E-state index contributed by atoms with van der Waals surface area (Å²) in [6, 6.07) is 16.6. The van der Waals surface area contributed by atoms with Crippen molar-refractivity contribution >= 4 is 24.0 Å². The molecule has 0 saturated heterocycles. The van der Waals surface area contributed by atoms with Gasteiger partial charge >= 0.3 is 0 Å². The maximum absolute atomic E-state index is 12.2. The molecule has 0 aliphatic heterocycles. The summed E-state index contributed by atoms with van der Waals surface area (Å²) < 4.78 is 0. The van der Waals surface area contributed by atoms with Gasteiger partial charge in [-0.2, -0.15) is 0 Å². The summed E-state index contributed by atoms with van der Waals surface area (Å²) in [6.45, 7) is 6.48. The number of hydrogen-bond donors (Lipinski definition) is 2. The molecule has 2 aromatic rings. The van der Waals surface area contributed by atoms with Crippen LogP contribution in [0.1, 0.15) is 37.9 Å². The number of amides is 1. The van der Waals surface area contributed by atoms with Crippen molar-refractivity contribution in [1.82, 2.24) is 0 Å². The minimum Gasteiger partial charge on any atom is -0.324 e. The molecule has 2 aromatic carbocycles. The van der Waals surface area contributed by atoms with E-state index in [2.05, 4.69) is 26.1 Å². The SMILES string of the molecule is CC(C)(C)c1ccc(NC(=O)C(N)c2ccccc2)cc1.Cl. The van der Waals surface area contributed by atoms with Gasteiger partial charge in [0.15, 0.2) is 0 Å². The summed E-state index contributed by atoms with van der Waals surface area (Å²) in [5, 5.41) is 2.85. The number of benzene rings is 2. The number of hydrogen-bond acceptors (Lipinski definition) is 2. The molecule has 1 atom stereocenters. The molecule has 0 spiro atoms. The number of nitrogens with two attached hydrogens (primary N) is 1. The fourth-order valence-electron chi connectivity index (χ4n) is 2.09. The first-order chi connectivity index (χ1) is 9.88. The number of anilines is 1. The Bertz CT molecular complexity index is 603. The first-order valence-electron chi connectivity index (χ1n) is 7.10. The third-order valence-electron chi connectivity index (χ3n) is 3.46. The van der Waals surface area contributed by atoms with Gasteiger partial charge in [0.1, 0.15) is 6.04 Å². The summed E-state index contributed by atoms with van der Waals surface area (Å²) in [5.74, 6) is -0.204. The predicted molar refractivity (Wildman–Crippen MR) is 94.4 cm³/mol. The average molecular weight is 319 g/mol. The van der Waals surface area contributed by atoms with Gasteiger partial charge in [0.05, 0.1) is 0 Å². The molecule has 0 bridgehead atoms. The number of halogens is 1. The minimum absolute atomic E-state index is 0. The van der Waals surface area contributed by atoms with Gasteiger partial charge in [-0.1, -0.05) is 63.2 Å². The van der Waals surface area contributed by atoms with Gasteiger partial charge in [-0.05, 0) is 28.7 Å². The third kappa shape index (κ3) is 4.58. The summed E-state index contributed by atoms with van der Waals surface area (Å²) in [6.07, 6.45) is 0. The Morgan fingerprint density at radius 2 is 1.55 bits per heavy atom. The molecule has 3 nitrogen and oxygen atoms in total. The summed E-state index contributed by atoms with van der Waals surface area (Å²) in [5.41, 5.74) is 8.87. The Balaban J connectivity index is 0.00000242. The first-order valence-corrected chi connectivity index (χ1v) is 7.10. The molecule has 1 unspecified atom stereocenters. The third-order valence-corrected chi connectivity index (χ3v) is 3.46. The van der Waals surface area contributed by atoms with E-state index in [0.717, 1.165) is 11.3 Å². The first kappa shape index (κ1) is 18.2. The van der Waals surface area contributed by atoms with Gasteiger partial charge < -0.3 is 11.1 Å². The highest BCUT2D eigenvalue weighted by Gasteiger charge is 2.16. The predicted octanol–water partition coefficient (Wildman–Crippen LogP) is 4.04. The molecule has 0 aliphatic rings. The van der Waals surface area contributed by atoms with Crippen molar-refractivity contribution in [3.05, 3.63) is 65.7 Å². The van der Waals surface area contributed by atoms with E-state index in [9.17, 15) is 4.79 Å². The van der Waals surface area contributed by atoms with Crippen LogP contribution in [0.3, 0.4) is 0 Å². The van der Waals surface area contributed by atoms with E-state index in [1.54, 1.807) is 0 Å². The molecule has 0 heterocycles. The van der Waals surface area contributed by atoms with Crippen molar-refractivity contribution in [2.75, 3.05) is 5.32 Å². The van der Waals surface area contributed by atoms with Gasteiger partial charge in [0.25, 0.3) is 0 Å². The van der Waals surface area contributed by atoms with E-state index < -0.39 is 6.04 Å². The maximum atomic E-state index is 12.2. The molecular formula is C18H23ClN2O. The van der Waals surface area contributed by atoms with Gasteiger partial charge in [-0.25, -0.2) is 0 Å². The van der Waals surface area contributed by atoms with Crippen LogP contribution in [0.2, 0.25) is 0 Å². The fraction of sp³-hybridized carbons (Fsp3) is 0.278. The molecule has 0 fully saturated rings. The molecule has 1 amide bonds. The Labute approximate surface area is 138 Å². The second kappa shape index (κ2) is 7.43. The molecule has 0 aromatic heterocycles. The standard InChI is InChI=1S/C18H22N2O.ClH/c1-18(2,3)14-9-11-15(12-10-14)20-17(21)16(19)13-7-5-4-6-8-13;/h4-12,16H,19H2,1-3H3,(H,20,21);1H. The van der Waals surface area contributed by atoms with Crippen LogP contribution in [0.5, 0.6) is 0 Å². The molecule has 0 radical (unpaired) electrons. The second-order valence-electron chi connectivity index (χ2n) is 6.20. The highest BCUT2D eigenvalue weighted by Crippen LogP contribution is 2.23. The molecule has 0 aliphatic carbocycles. The lowest BCUT2D eigenvalue weighted by molar-refractivity contribution is -0.117. The Hall–Kier alpha value is -1.84. The van der Waals surface area contributed by atoms with Crippen molar-refractivity contribution in [2.45, 2.75) is 32.2 Å². The van der Waals surface area contributed by atoms with E-state index in [0.29, 0.717) is 0 Å². The van der Waals surface area contributed by atoms with Crippen LogP contribution in [0.15, 0.2) is 54.6 Å². The number of carbonyl (C=O) groups excluding carboxylic acids is 1. The molecule has 4 heteroatoms. The van der Waals surface area contributed by atoms with Crippen molar-refractivity contribution in [3.63, 3.8) is 0 Å². The van der Waals surface area contributed by atoms with Crippen molar-refractivity contribution in [1.29, 1.82) is 0 Å². The van der Waals surface area contributed by atoms with Crippen LogP contribution in [0.25, 0.3) is 0 Å². The largest absolute Gasteiger partial charge is 0.324 e. The van der Waals surface area contributed by atoms with Crippen molar-refractivity contribution in [3.8, 4) is 0 Å². The van der Waals surface area contributed by atoms with E-state index in [1.807, 2.05) is 54.6 Å². The lowest BCUT2D eigenvalue weighted by atomic mass is 9.87. The van der Waals surface area contributed by atoms with E-state index in [1.165, 1.54) is 5.56 Å². The maximum Gasteiger partial charge on any atom is 0.245 e. The Morgan fingerprint density at radius 3 is 2.05 bits per heavy atom. The highest BCUT2D eigenvalue weighted by atomic mass is 35.5. The minimum atomic E-state index is -0.659. The number of rotatable bonds is 3. The van der Waals surface area contributed by atoms with Crippen molar-refractivity contribution in [2.24, 2.45) is 5.73 Å². The average Bonchev–Trinajstić information content (AvgIpc) is 2.47. The van der Waals surface area contributed by atoms with E-state index in [4.69, 9.17) is 5.73 Å². The van der Waals surface area contributed by atoms with Gasteiger partial charge in [-0.15, -0.1) is 12.4 Å². The monoisotopic (exact) mass is 318 g/mol. The zero-order valence-corrected chi connectivity index (χ0v) is 14.0. The number of carbonyl (C=O) groups is 1. The summed E-state index contributed by atoms with van der Waals surface area (Å²) in [7, 11) is 0. The summed E-state index contributed by atoms with van der Waals surface area (Å²) >= 11 is 0. The smallest absolute Gasteiger partial charge is 0.245 e. The highest BCUT2D eigenvalue weighted by molar-refractivity contribution is 5.95. The molecule has 3 N–H and O–H groups in total. The normalized spacial score (nSPS) is 12.2. The molecule has 118 valence electrons. The lowest BCUT2D eigenvalue weighted by Gasteiger charge is -2.19. The van der Waals surface area contributed by atoms with Gasteiger partial charge in [0, 0.05) is 5.69 Å². The Morgan fingerprint density at radius 1 is 1.00 bits per heavy atom. The van der Waals surface area contributed by atoms with E-state index >= 15 is 0 Å². The molecular weight excluding hydrogens is 296 g/mol. The van der Waals surface area contributed by atoms with Gasteiger partial charge in [-0.3, -0.25) is 4.79 Å². The van der Waals surface area contributed by atoms with Crippen LogP contribution < -0.4 is 11.1 Å². The Kier molecular flexibility index (Phi) is 6.15. The molecule has 2 rings (SSSR count). The number of nitrogens with one attached hydrogen (secondary N) is 1. The van der Waals surface area contributed by atoms with Crippen LogP contribution in [0.4, 0.5) is 5.69 Å².